The largest absolute Gasteiger partial charge is 0.489 e. The van der Waals surface area contributed by atoms with Gasteiger partial charge in [-0.1, -0.05) is 0 Å². The fourth-order valence-corrected chi connectivity index (χ4v) is 2.88. The molecule has 7 heteroatoms. The highest BCUT2D eigenvalue weighted by atomic mass is 19.1. The molecule has 1 aromatic rings. The fraction of sp³-hybridized carbons (Fsp3) is 0.588. The van der Waals surface area contributed by atoms with E-state index in [-0.39, 0.29) is 18.2 Å². The first-order chi connectivity index (χ1) is 11.6. The highest BCUT2D eigenvalue weighted by Crippen LogP contribution is 2.27. The Morgan fingerprint density at radius 3 is 3.04 bits per heavy atom. The molecule has 0 aliphatic carbocycles. The first kappa shape index (κ1) is 17.0. The maximum atomic E-state index is 13.6. The number of nitrogens with one attached hydrogen (secondary N) is 1. The Morgan fingerprint density at radius 1 is 1.42 bits per heavy atom. The summed E-state index contributed by atoms with van der Waals surface area (Å²) in [7, 11) is 0. The van der Waals surface area contributed by atoms with Gasteiger partial charge in [0.15, 0.2) is 0 Å². The number of benzene rings is 1. The van der Waals surface area contributed by atoms with Crippen LogP contribution in [0.3, 0.4) is 0 Å². The Bertz CT molecular complexity index is 578. The van der Waals surface area contributed by atoms with Crippen molar-refractivity contribution in [1.82, 2.24) is 4.90 Å². The molecule has 2 amide bonds. The Hall–Kier alpha value is -1.86. The normalized spacial score (nSPS) is 24.0. The van der Waals surface area contributed by atoms with E-state index in [0.29, 0.717) is 37.7 Å². The number of hydrogen-bond donors (Lipinski definition) is 1. The van der Waals surface area contributed by atoms with Crippen molar-refractivity contribution in [2.24, 2.45) is 0 Å². The first-order valence-electron chi connectivity index (χ1n) is 8.33. The van der Waals surface area contributed by atoms with Gasteiger partial charge in [-0.25, -0.2) is 9.18 Å². The fourth-order valence-electron chi connectivity index (χ4n) is 2.88. The molecule has 0 bridgehead atoms. The van der Waals surface area contributed by atoms with Crippen molar-refractivity contribution in [3.05, 3.63) is 24.0 Å². The van der Waals surface area contributed by atoms with Gasteiger partial charge in [0.2, 0.25) is 0 Å². The maximum Gasteiger partial charge on any atom is 0.322 e. The topological polar surface area (TPSA) is 60.0 Å². The SMILES string of the molecule is C[C@@H]1CN(C(=O)Nc2cc(F)ccc2OC[C@@H]2CCCO2)CCO1. The quantitative estimate of drug-likeness (QED) is 0.917. The number of anilines is 1. The number of urea groups is 1. The van der Waals surface area contributed by atoms with E-state index in [1.54, 1.807) is 4.90 Å². The van der Waals surface area contributed by atoms with Crippen LogP contribution >= 0.6 is 0 Å². The van der Waals surface area contributed by atoms with Crippen LogP contribution in [-0.4, -0.2) is 56.0 Å². The summed E-state index contributed by atoms with van der Waals surface area (Å²) in [4.78, 5) is 14.0. The van der Waals surface area contributed by atoms with Gasteiger partial charge in [-0.05, 0) is 31.9 Å². The summed E-state index contributed by atoms with van der Waals surface area (Å²) >= 11 is 0. The lowest BCUT2D eigenvalue weighted by molar-refractivity contribution is -0.00139. The van der Waals surface area contributed by atoms with E-state index in [9.17, 15) is 9.18 Å². The molecule has 2 saturated heterocycles. The van der Waals surface area contributed by atoms with Gasteiger partial charge in [0.05, 0.1) is 24.5 Å². The third-order valence-corrected chi connectivity index (χ3v) is 4.16. The highest BCUT2D eigenvalue weighted by molar-refractivity contribution is 5.91. The number of hydrogen-bond acceptors (Lipinski definition) is 4. The van der Waals surface area contributed by atoms with Crippen molar-refractivity contribution < 1.29 is 23.4 Å². The summed E-state index contributed by atoms with van der Waals surface area (Å²) in [5.74, 6) is 0.0201. The number of carbonyl (C=O) groups is 1. The van der Waals surface area contributed by atoms with Crippen LogP contribution in [0.5, 0.6) is 5.75 Å². The minimum absolute atomic E-state index is 0.00718. The molecule has 0 spiro atoms. The Balaban J connectivity index is 1.64. The lowest BCUT2D eigenvalue weighted by atomic mass is 10.2. The molecular formula is C17H23FN2O4. The molecule has 0 aromatic heterocycles. The second-order valence-corrected chi connectivity index (χ2v) is 6.14. The van der Waals surface area contributed by atoms with Gasteiger partial charge in [-0.2, -0.15) is 0 Å². The Kier molecular flexibility index (Phi) is 5.52. The van der Waals surface area contributed by atoms with Crippen molar-refractivity contribution in [2.75, 3.05) is 38.2 Å². The molecule has 1 N–H and O–H groups in total. The molecule has 2 aliphatic rings. The first-order valence-corrected chi connectivity index (χ1v) is 8.33. The van der Waals surface area contributed by atoms with E-state index in [2.05, 4.69) is 5.32 Å². The smallest absolute Gasteiger partial charge is 0.322 e. The van der Waals surface area contributed by atoms with Crippen LogP contribution in [0.1, 0.15) is 19.8 Å². The minimum atomic E-state index is -0.426. The van der Waals surface area contributed by atoms with Crippen molar-refractivity contribution >= 4 is 11.7 Å². The molecule has 24 heavy (non-hydrogen) atoms. The lowest BCUT2D eigenvalue weighted by Crippen LogP contribution is -2.46. The summed E-state index contributed by atoms with van der Waals surface area (Å²) in [6, 6.07) is 3.84. The summed E-state index contributed by atoms with van der Waals surface area (Å²) < 4.78 is 30.3. The second kappa shape index (κ2) is 7.81. The van der Waals surface area contributed by atoms with E-state index in [4.69, 9.17) is 14.2 Å². The summed E-state index contributed by atoms with van der Waals surface area (Å²) in [6.07, 6.45) is 2.02. The zero-order valence-electron chi connectivity index (χ0n) is 13.8. The zero-order valence-corrected chi connectivity index (χ0v) is 13.8. The number of amides is 2. The van der Waals surface area contributed by atoms with E-state index in [0.717, 1.165) is 19.4 Å². The predicted octanol–water partition coefficient (Wildman–Crippen LogP) is 2.64. The molecule has 0 radical (unpaired) electrons. The molecule has 0 unspecified atom stereocenters. The molecule has 0 saturated carbocycles. The van der Waals surface area contributed by atoms with Gasteiger partial charge in [0.25, 0.3) is 0 Å². The summed E-state index contributed by atoms with van der Waals surface area (Å²) in [6.45, 7) is 4.57. The van der Waals surface area contributed by atoms with Gasteiger partial charge >= 0.3 is 6.03 Å². The lowest BCUT2D eigenvalue weighted by Gasteiger charge is -2.31. The zero-order chi connectivity index (χ0) is 16.9. The molecule has 2 aliphatic heterocycles. The number of halogens is 1. The number of morpholine rings is 1. The van der Waals surface area contributed by atoms with E-state index < -0.39 is 5.82 Å². The van der Waals surface area contributed by atoms with Crippen molar-refractivity contribution in [1.29, 1.82) is 0 Å². The van der Waals surface area contributed by atoms with Gasteiger partial charge in [0.1, 0.15) is 18.2 Å². The number of nitrogens with zero attached hydrogens (tertiary/aromatic N) is 1. The van der Waals surface area contributed by atoms with Crippen LogP contribution in [0.25, 0.3) is 0 Å². The number of carbonyl (C=O) groups excluding carboxylic acids is 1. The highest BCUT2D eigenvalue weighted by Gasteiger charge is 2.23. The predicted molar refractivity (Wildman–Crippen MR) is 86.9 cm³/mol. The third kappa shape index (κ3) is 4.36. The van der Waals surface area contributed by atoms with Crippen molar-refractivity contribution in [3.63, 3.8) is 0 Å². The molecule has 2 heterocycles. The van der Waals surface area contributed by atoms with Gasteiger partial charge < -0.3 is 24.4 Å². The van der Waals surface area contributed by atoms with Crippen LogP contribution in [-0.2, 0) is 9.47 Å². The van der Waals surface area contributed by atoms with Crippen LogP contribution in [0.4, 0.5) is 14.9 Å². The van der Waals surface area contributed by atoms with Gasteiger partial charge in [-0.15, -0.1) is 0 Å². The number of rotatable bonds is 4. The standard InChI is InChI=1S/C17H23FN2O4/c1-12-10-20(6-8-22-12)17(21)19-15-9-13(18)4-5-16(15)24-11-14-3-2-7-23-14/h4-5,9,12,14H,2-3,6-8,10-11H2,1H3,(H,19,21)/t12-,14+/m1/s1. The molecule has 6 nitrogen and oxygen atoms in total. The van der Waals surface area contributed by atoms with Gasteiger partial charge in [-0.3, -0.25) is 0 Å². The van der Waals surface area contributed by atoms with E-state index in [1.807, 2.05) is 6.92 Å². The van der Waals surface area contributed by atoms with Crippen molar-refractivity contribution in [2.45, 2.75) is 32.0 Å². The Labute approximate surface area is 140 Å². The molecule has 132 valence electrons. The molecular weight excluding hydrogens is 315 g/mol. The summed E-state index contributed by atoms with van der Waals surface area (Å²) in [5.41, 5.74) is 0.331. The monoisotopic (exact) mass is 338 g/mol. The molecule has 2 atom stereocenters. The van der Waals surface area contributed by atoms with E-state index >= 15 is 0 Å². The third-order valence-electron chi connectivity index (χ3n) is 4.16. The van der Waals surface area contributed by atoms with Crippen molar-refractivity contribution in [3.8, 4) is 5.75 Å². The van der Waals surface area contributed by atoms with Gasteiger partial charge in [0, 0.05) is 25.8 Å². The molecule has 3 rings (SSSR count). The molecule has 2 fully saturated rings. The minimum Gasteiger partial charge on any atom is -0.489 e. The Morgan fingerprint density at radius 2 is 2.29 bits per heavy atom. The second-order valence-electron chi connectivity index (χ2n) is 6.14. The number of ether oxygens (including phenoxy) is 3. The summed E-state index contributed by atoms with van der Waals surface area (Å²) in [5, 5.41) is 2.74. The van der Waals surface area contributed by atoms with Crippen LogP contribution < -0.4 is 10.1 Å². The van der Waals surface area contributed by atoms with Crippen LogP contribution in [0.2, 0.25) is 0 Å². The van der Waals surface area contributed by atoms with Crippen LogP contribution in [0, 0.1) is 5.82 Å². The average molecular weight is 338 g/mol. The maximum absolute atomic E-state index is 13.6. The molecule has 1 aromatic carbocycles. The van der Waals surface area contributed by atoms with E-state index in [1.165, 1.54) is 18.2 Å². The van der Waals surface area contributed by atoms with Crippen LogP contribution in [0.15, 0.2) is 18.2 Å². The average Bonchev–Trinajstić information content (AvgIpc) is 3.07.